The van der Waals surface area contributed by atoms with Crippen molar-refractivity contribution in [3.8, 4) is 0 Å². The second-order valence-corrected chi connectivity index (χ2v) is 4.25. The Morgan fingerprint density at radius 2 is 1.50 bits per heavy atom. The average molecular weight is 119 g/mol. The zero-order valence-electron chi connectivity index (χ0n) is 4.69. The Kier molecular flexibility index (Phi) is 10.2. The standard InChI is InChI=1S/C3H7.CH3.ClH.Mg/c1-3-2;;;/h3H,1-2H3;1H3;1H;. The van der Waals surface area contributed by atoms with Crippen LogP contribution in [0.1, 0.15) is 13.8 Å². The first-order valence-electron chi connectivity index (χ1n) is 2.27. The van der Waals surface area contributed by atoms with Crippen LogP contribution in [0.2, 0.25) is 9.10 Å². The van der Waals surface area contributed by atoms with Crippen molar-refractivity contribution < 1.29 is 0 Å². The van der Waals surface area contributed by atoms with Gasteiger partial charge < -0.3 is 0 Å². The van der Waals surface area contributed by atoms with E-state index in [1.807, 2.05) is 0 Å². The van der Waals surface area contributed by atoms with E-state index in [0.29, 0.717) is 20.4 Å². The Bertz CT molecular complexity index is 21.5. The van der Waals surface area contributed by atoms with Crippen molar-refractivity contribution in [2.75, 3.05) is 0 Å². The van der Waals surface area contributed by atoms with E-state index in [-0.39, 0.29) is 12.4 Å². The van der Waals surface area contributed by atoms with Crippen LogP contribution in [0, 0.1) is 0 Å². The van der Waals surface area contributed by atoms with Crippen molar-refractivity contribution in [3.63, 3.8) is 0 Å². The Hall–Kier alpha value is 1.06. The summed E-state index contributed by atoms with van der Waals surface area (Å²) >= 11 is 0.349. The molecule has 0 saturated heterocycles. The van der Waals surface area contributed by atoms with Crippen LogP contribution < -0.4 is 0 Å². The maximum atomic E-state index is 2.34. The highest BCUT2D eigenvalue weighted by molar-refractivity contribution is 6.35. The predicted molar refractivity (Wildman–Crippen MR) is 34.0 cm³/mol. The normalized spacial score (nSPS) is 6.67. The summed E-state index contributed by atoms with van der Waals surface area (Å²) in [6, 6.07) is 0. The first kappa shape index (κ1) is 10.1. The minimum absolute atomic E-state index is 0. The van der Waals surface area contributed by atoms with E-state index in [1.54, 1.807) is 0 Å². The van der Waals surface area contributed by atoms with Crippen molar-refractivity contribution in [2.24, 2.45) is 0 Å². The first-order chi connectivity index (χ1) is 2.27. The molecule has 0 N–H and O–H groups in total. The van der Waals surface area contributed by atoms with Crippen LogP contribution in [0.25, 0.3) is 0 Å². The number of hydrogen-bond acceptors (Lipinski definition) is 0. The fourth-order valence-electron chi connectivity index (χ4n) is 0. The maximum Gasteiger partial charge on any atom is 0.363 e. The second kappa shape index (κ2) is 6.06. The van der Waals surface area contributed by atoms with Gasteiger partial charge in [0.15, 0.2) is 0 Å². The molecule has 0 aromatic rings. The minimum atomic E-state index is 0. The van der Waals surface area contributed by atoms with Gasteiger partial charge in [0.1, 0.15) is 0 Å². The second-order valence-electron chi connectivity index (χ2n) is 1.80. The first-order valence-corrected chi connectivity index (χ1v) is 4.50. The Morgan fingerprint density at radius 1 is 1.33 bits per heavy atom. The highest BCUT2D eigenvalue weighted by atomic mass is 35.5. The van der Waals surface area contributed by atoms with Gasteiger partial charge in [-0.15, -0.1) is 16.5 Å². The van der Waals surface area contributed by atoms with Crippen LogP contribution in [0.4, 0.5) is 0 Å². The smallest absolute Gasteiger partial charge is 0.157 e. The van der Waals surface area contributed by atoms with Crippen molar-refractivity contribution in [3.05, 3.63) is 0 Å². The Balaban J connectivity index is 0. The van der Waals surface area contributed by atoms with Crippen LogP contribution in [0.5, 0.6) is 0 Å². The van der Waals surface area contributed by atoms with E-state index in [0.717, 1.165) is 4.05 Å². The van der Waals surface area contributed by atoms with Gasteiger partial charge >= 0.3 is 20.4 Å². The van der Waals surface area contributed by atoms with Gasteiger partial charge in [-0.05, 0) is 0 Å². The molecule has 0 aliphatic rings. The average Bonchev–Trinajstić information content (AvgIpc) is 1.38. The molecule has 0 radical (unpaired) electrons. The summed E-state index contributed by atoms with van der Waals surface area (Å²) in [6.07, 6.45) is 0. The molecule has 0 unspecified atom stereocenters. The lowest BCUT2D eigenvalue weighted by molar-refractivity contribution is 1.06. The predicted octanol–water partition coefficient (Wildman–Crippen LogP) is 1.99. The number of hydrogen-bond donors (Lipinski definition) is 0. The Labute approximate surface area is 55.8 Å². The summed E-state index contributed by atoms with van der Waals surface area (Å²) in [5.41, 5.74) is 0. The molecule has 0 heterocycles. The molecule has 36 valence electrons. The monoisotopic (exact) mass is 118 g/mol. The lowest BCUT2D eigenvalue weighted by atomic mass is 10.6. The molecule has 0 fully saturated rings. The van der Waals surface area contributed by atoms with Crippen LogP contribution in [0.3, 0.4) is 0 Å². The third-order valence-electron chi connectivity index (χ3n) is 0.816. The highest BCUT2D eigenvalue weighted by Crippen LogP contribution is 1.92. The minimum Gasteiger partial charge on any atom is -0.157 e. The summed E-state index contributed by atoms with van der Waals surface area (Å²) in [5.74, 6) is 0. The van der Waals surface area contributed by atoms with Crippen molar-refractivity contribution >= 4 is 32.8 Å². The number of halogens is 1. The molecule has 2 heteroatoms. The van der Waals surface area contributed by atoms with E-state index in [9.17, 15) is 0 Å². The van der Waals surface area contributed by atoms with Crippen LogP contribution >= 0.6 is 12.4 Å². The summed E-state index contributed by atoms with van der Waals surface area (Å²) in [4.78, 5) is 0. The van der Waals surface area contributed by atoms with E-state index in [1.165, 1.54) is 0 Å². The number of rotatable bonds is 1. The molecule has 0 aromatic heterocycles. The van der Waals surface area contributed by atoms with Gasteiger partial charge in [0, 0.05) is 0 Å². The molecule has 0 rings (SSSR count). The summed E-state index contributed by atoms with van der Waals surface area (Å²) in [5, 5.41) is 2.34. The molecule has 6 heavy (non-hydrogen) atoms. The van der Waals surface area contributed by atoms with E-state index in [4.69, 9.17) is 0 Å². The van der Waals surface area contributed by atoms with Gasteiger partial charge in [-0.25, -0.2) is 0 Å². The molecule has 0 spiro atoms. The molecular weight excluding hydrogens is 108 g/mol. The summed E-state index contributed by atoms with van der Waals surface area (Å²) < 4.78 is 1.02. The third-order valence-corrected chi connectivity index (χ3v) is 2.45. The van der Waals surface area contributed by atoms with Crippen molar-refractivity contribution in [2.45, 2.75) is 22.9 Å². The largest absolute Gasteiger partial charge is 0.363 e. The lowest BCUT2D eigenvalue weighted by Crippen LogP contribution is -1.83. The van der Waals surface area contributed by atoms with Gasteiger partial charge in [0.2, 0.25) is 0 Å². The molecule has 0 bridgehead atoms. The van der Waals surface area contributed by atoms with Crippen molar-refractivity contribution in [1.29, 1.82) is 0 Å². The van der Waals surface area contributed by atoms with E-state index >= 15 is 0 Å². The zero-order chi connectivity index (χ0) is 4.28. The van der Waals surface area contributed by atoms with Gasteiger partial charge in [0.25, 0.3) is 0 Å². The molecule has 0 aliphatic carbocycles. The molecular formula is C4H11ClMg. The van der Waals surface area contributed by atoms with E-state index in [2.05, 4.69) is 18.9 Å². The summed E-state index contributed by atoms with van der Waals surface area (Å²) in [7, 11) is 0. The maximum absolute atomic E-state index is 2.34. The van der Waals surface area contributed by atoms with Gasteiger partial charge in [-0.3, -0.25) is 0 Å². The van der Waals surface area contributed by atoms with E-state index < -0.39 is 0 Å². The van der Waals surface area contributed by atoms with Crippen LogP contribution in [-0.4, -0.2) is 20.4 Å². The topological polar surface area (TPSA) is 0 Å². The molecule has 0 saturated carbocycles. The highest BCUT2D eigenvalue weighted by Gasteiger charge is 1.87. The quantitative estimate of drug-likeness (QED) is 0.463. The molecule has 0 aliphatic heterocycles. The van der Waals surface area contributed by atoms with Crippen molar-refractivity contribution in [1.82, 2.24) is 0 Å². The van der Waals surface area contributed by atoms with Gasteiger partial charge in [-0.1, -0.05) is 13.8 Å². The van der Waals surface area contributed by atoms with Gasteiger partial charge in [0.05, 0.1) is 0 Å². The summed E-state index contributed by atoms with van der Waals surface area (Å²) in [6.45, 7) is 4.57. The third kappa shape index (κ3) is 8.91. The van der Waals surface area contributed by atoms with Gasteiger partial charge in [-0.2, -0.15) is 5.05 Å². The lowest BCUT2D eigenvalue weighted by Gasteiger charge is -1.87. The fraction of sp³-hybridized carbons (Fsp3) is 1.00. The Morgan fingerprint density at radius 3 is 1.50 bits per heavy atom. The van der Waals surface area contributed by atoms with Crippen LogP contribution in [0.15, 0.2) is 0 Å². The molecule has 0 nitrogen and oxygen atoms in total. The zero-order valence-corrected chi connectivity index (χ0v) is 6.92. The van der Waals surface area contributed by atoms with Crippen LogP contribution in [-0.2, 0) is 0 Å². The SMILES string of the molecule is Cl.[CH3][Mg][CH](C)C. The molecule has 0 amide bonds. The molecule has 0 atom stereocenters. The molecule has 0 aromatic carbocycles. The fourth-order valence-corrected chi connectivity index (χ4v) is 0.